The highest BCUT2D eigenvalue weighted by molar-refractivity contribution is 5.92. The number of ether oxygens (including phenoxy) is 1. The predicted molar refractivity (Wildman–Crippen MR) is 106 cm³/mol. The lowest BCUT2D eigenvalue weighted by Gasteiger charge is -2.08. The lowest BCUT2D eigenvalue weighted by Crippen LogP contribution is -2.35. The van der Waals surface area contributed by atoms with E-state index in [0.717, 1.165) is 15.7 Å². The molecule has 0 bridgehead atoms. The molecule has 4 aromatic rings. The van der Waals surface area contributed by atoms with Crippen LogP contribution in [0.15, 0.2) is 76.7 Å². The largest absolute Gasteiger partial charge is 0.457 e. The minimum Gasteiger partial charge on any atom is -0.457 e. The number of carbonyl (C=O) groups is 1. The van der Waals surface area contributed by atoms with Crippen molar-refractivity contribution in [3.8, 4) is 0 Å². The molecule has 3 heterocycles. The van der Waals surface area contributed by atoms with Crippen LogP contribution < -0.4 is 11.2 Å². The summed E-state index contributed by atoms with van der Waals surface area (Å²) in [6.45, 7) is 0.185. The van der Waals surface area contributed by atoms with Crippen LogP contribution in [0.4, 0.5) is 0 Å². The number of H-pyrrole nitrogens is 1. The molecule has 0 unspecified atom stereocenters. The number of rotatable bonds is 5. The molecule has 0 spiro atoms. The fourth-order valence-electron chi connectivity index (χ4n) is 2.87. The Bertz CT molecular complexity index is 1280. The Balaban J connectivity index is 1.65. The summed E-state index contributed by atoms with van der Waals surface area (Å²) in [6, 6.07) is 14.0. The van der Waals surface area contributed by atoms with Crippen molar-refractivity contribution in [2.45, 2.75) is 13.2 Å². The van der Waals surface area contributed by atoms with E-state index in [1.165, 1.54) is 12.3 Å². The zero-order valence-electron chi connectivity index (χ0n) is 15.2. The molecule has 0 amide bonds. The number of esters is 1. The predicted octanol–water partition coefficient (Wildman–Crippen LogP) is 1.89. The second kappa shape index (κ2) is 7.89. The molecule has 0 atom stereocenters. The maximum absolute atomic E-state index is 12.9. The molecular formula is C21H16N4O4. The summed E-state index contributed by atoms with van der Waals surface area (Å²) in [5, 5.41) is 0.138. The Morgan fingerprint density at radius 2 is 1.79 bits per heavy atom. The van der Waals surface area contributed by atoms with Gasteiger partial charge in [0.15, 0.2) is 0 Å². The summed E-state index contributed by atoms with van der Waals surface area (Å²) < 4.78 is 6.34. The van der Waals surface area contributed by atoms with Gasteiger partial charge in [0.25, 0.3) is 5.56 Å². The maximum Gasteiger partial charge on any atom is 0.340 e. The molecule has 0 radical (unpaired) electrons. The second-order valence-electron chi connectivity index (χ2n) is 6.36. The smallest absolute Gasteiger partial charge is 0.340 e. The lowest BCUT2D eigenvalue weighted by atomic mass is 10.2. The van der Waals surface area contributed by atoms with Crippen LogP contribution in [0.25, 0.3) is 11.0 Å². The lowest BCUT2D eigenvalue weighted by molar-refractivity contribution is 0.0472. The highest BCUT2D eigenvalue weighted by atomic mass is 16.5. The zero-order valence-corrected chi connectivity index (χ0v) is 15.2. The number of hydrogen-bond donors (Lipinski definition) is 1. The Morgan fingerprint density at radius 3 is 2.55 bits per heavy atom. The summed E-state index contributed by atoms with van der Waals surface area (Å²) in [6.07, 6.45) is 4.48. The minimum atomic E-state index is -0.614. The summed E-state index contributed by atoms with van der Waals surface area (Å²) >= 11 is 0. The van der Waals surface area contributed by atoms with E-state index in [-0.39, 0.29) is 29.7 Å². The van der Waals surface area contributed by atoms with Crippen molar-refractivity contribution < 1.29 is 9.53 Å². The van der Waals surface area contributed by atoms with Gasteiger partial charge in [-0.1, -0.05) is 30.3 Å². The van der Waals surface area contributed by atoms with Crippen LogP contribution in [0.3, 0.4) is 0 Å². The molecule has 0 aliphatic heterocycles. The van der Waals surface area contributed by atoms with Gasteiger partial charge in [-0.3, -0.25) is 19.3 Å². The van der Waals surface area contributed by atoms with Gasteiger partial charge >= 0.3 is 11.7 Å². The van der Waals surface area contributed by atoms with Crippen molar-refractivity contribution >= 4 is 17.0 Å². The molecule has 1 N–H and O–H groups in total. The number of nitrogens with one attached hydrogen (secondary N) is 1. The fraction of sp³-hybridized carbons (Fsp3) is 0.0952. The normalized spacial score (nSPS) is 10.8. The van der Waals surface area contributed by atoms with E-state index in [1.807, 2.05) is 30.3 Å². The van der Waals surface area contributed by atoms with Crippen molar-refractivity contribution in [3.05, 3.63) is 105 Å². The molecule has 1 aromatic carbocycles. The van der Waals surface area contributed by atoms with Crippen molar-refractivity contribution in [2.75, 3.05) is 0 Å². The number of aromatic nitrogens is 4. The Hall–Kier alpha value is -4.07. The van der Waals surface area contributed by atoms with Crippen LogP contribution in [0.2, 0.25) is 0 Å². The van der Waals surface area contributed by atoms with Crippen LogP contribution >= 0.6 is 0 Å². The monoisotopic (exact) mass is 388 g/mol. The van der Waals surface area contributed by atoms with Crippen LogP contribution in [-0.2, 0) is 17.9 Å². The molecule has 0 saturated carbocycles. The first-order chi connectivity index (χ1) is 14.1. The standard InChI is InChI=1S/C21H16N4O4/c26-19-17-10-16(20(27)29-13-15-6-8-22-9-7-15)11-23-18(17)24-21(28)25(19)12-14-4-2-1-3-5-14/h1-11H,12-13H2,(H,23,24,28). The number of carbonyl (C=O) groups excluding carboxylic acids is 1. The van der Waals surface area contributed by atoms with Gasteiger partial charge < -0.3 is 4.74 Å². The van der Waals surface area contributed by atoms with Gasteiger partial charge in [-0.05, 0) is 29.3 Å². The third kappa shape index (κ3) is 3.96. The SMILES string of the molecule is O=C(OCc1ccncc1)c1cnc2[nH]c(=O)n(Cc3ccccc3)c(=O)c2c1. The Morgan fingerprint density at radius 1 is 1.03 bits per heavy atom. The van der Waals surface area contributed by atoms with E-state index in [4.69, 9.17) is 4.74 Å². The van der Waals surface area contributed by atoms with E-state index < -0.39 is 17.2 Å². The second-order valence-corrected chi connectivity index (χ2v) is 6.36. The molecule has 0 aliphatic rings. The fourth-order valence-corrected chi connectivity index (χ4v) is 2.87. The first-order valence-corrected chi connectivity index (χ1v) is 8.84. The first-order valence-electron chi connectivity index (χ1n) is 8.84. The van der Waals surface area contributed by atoms with E-state index in [0.29, 0.717) is 0 Å². The Kier molecular flexibility index (Phi) is 4.98. The number of hydrogen-bond acceptors (Lipinski definition) is 6. The average molecular weight is 388 g/mol. The molecule has 8 nitrogen and oxygen atoms in total. The summed E-state index contributed by atoms with van der Waals surface area (Å²) in [7, 11) is 0. The highest BCUT2D eigenvalue weighted by Gasteiger charge is 2.14. The molecule has 0 aliphatic carbocycles. The molecule has 29 heavy (non-hydrogen) atoms. The minimum absolute atomic E-state index is 0.0727. The van der Waals surface area contributed by atoms with Gasteiger partial charge in [0.1, 0.15) is 12.3 Å². The van der Waals surface area contributed by atoms with Crippen LogP contribution in [-0.4, -0.2) is 25.5 Å². The van der Waals surface area contributed by atoms with Crippen molar-refractivity contribution in [1.82, 2.24) is 19.5 Å². The number of fused-ring (bicyclic) bond motifs is 1. The van der Waals surface area contributed by atoms with Crippen LogP contribution in [0.5, 0.6) is 0 Å². The third-order valence-electron chi connectivity index (χ3n) is 4.37. The topological polar surface area (TPSA) is 107 Å². The van der Waals surface area contributed by atoms with Gasteiger partial charge in [0, 0.05) is 18.6 Å². The Labute approximate surface area is 164 Å². The molecule has 4 rings (SSSR count). The van der Waals surface area contributed by atoms with Crippen LogP contribution in [0, 0.1) is 0 Å². The molecular weight excluding hydrogens is 372 g/mol. The maximum atomic E-state index is 12.9. The van der Waals surface area contributed by atoms with Gasteiger partial charge in [0.05, 0.1) is 17.5 Å². The molecule has 3 aromatic heterocycles. The molecule has 0 saturated heterocycles. The quantitative estimate of drug-likeness (QED) is 0.523. The van der Waals surface area contributed by atoms with Gasteiger partial charge in [0.2, 0.25) is 0 Å². The summed E-state index contributed by atoms with van der Waals surface area (Å²) in [5.74, 6) is -0.614. The van der Waals surface area contributed by atoms with Crippen molar-refractivity contribution in [3.63, 3.8) is 0 Å². The number of pyridine rings is 2. The number of aromatic amines is 1. The van der Waals surface area contributed by atoms with Gasteiger partial charge in [-0.15, -0.1) is 0 Å². The third-order valence-corrected chi connectivity index (χ3v) is 4.37. The van der Waals surface area contributed by atoms with Crippen molar-refractivity contribution in [2.24, 2.45) is 0 Å². The van der Waals surface area contributed by atoms with Gasteiger partial charge in [-0.25, -0.2) is 14.6 Å². The van der Waals surface area contributed by atoms with Crippen LogP contribution in [0.1, 0.15) is 21.5 Å². The van der Waals surface area contributed by atoms with Crippen molar-refractivity contribution in [1.29, 1.82) is 0 Å². The van der Waals surface area contributed by atoms with E-state index >= 15 is 0 Å². The summed E-state index contributed by atoms with van der Waals surface area (Å²) in [5.41, 5.74) is 0.754. The molecule has 144 valence electrons. The average Bonchev–Trinajstić information content (AvgIpc) is 2.76. The molecule has 0 fully saturated rings. The number of benzene rings is 1. The van der Waals surface area contributed by atoms with E-state index in [9.17, 15) is 14.4 Å². The van der Waals surface area contributed by atoms with E-state index in [1.54, 1.807) is 24.5 Å². The van der Waals surface area contributed by atoms with Gasteiger partial charge in [-0.2, -0.15) is 0 Å². The van der Waals surface area contributed by atoms with E-state index in [2.05, 4.69) is 15.0 Å². The molecule has 8 heteroatoms. The number of nitrogens with zero attached hydrogens (tertiary/aromatic N) is 3. The highest BCUT2D eigenvalue weighted by Crippen LogP contribution is 2.09. The zero-order chi connectivity index (χ0) is 20.2. The summed E-state index contributed by atoms with van der Waals surface area (Å²) in [4.78, 5) is 48.0. The first kappa shape index (κ1) is 18.3.